The van der Waals surface area contributed by atoms with Crippen LogP contribution in [-0.4, -0.2) is 32.4 Å². The Balaban J connectivity index is 0.00000192. The summed E-state index contributed by atoms with van der Waals surface area (Å²) in [5.74, 6) is 0.828. The van der Waals surface area contributed by atoms with Crippen molar-refractivity contribution in [2.75, 3.05) is 13.2 Å². The third kappa shape index (κ3) is 2.89. The van der Waals surface area contributed by atoms with E-state index in [0.717, 1.165) is 28.0 Å². The first-order valence-corrected chi connectivity index (χ1v) is 9.74. The van der Waals surface area contributed by atoms with Crippen LogP contribution in [0.3, 0.4) is 0 Å². The molecule has 1 aliphatic heterocycles. The Morgan fingerprint density at radius 2 is 2.11 bits per heavy atom. The van der Waals surface area contributed by atoms with Crippen LogP contribution in [0.5, 0.6) is 5.75 Å². The number of ether oxygens (including phenoxy) is 2. The van der Waals surface area contributed by atoms with E-state index in [-0.39, 0.29) is 13.1 Å². The van der Waals surface area contributed by atoms with Crippen LogP contribution in [0.25, 0.3) is 15.9 Å². The Labute approximate surface area is 166 Å². The van der Waals surface area contributed by atoms with E-state index in [4.69, 9.17) is 9.47 Å². The molecule has 146 valence electrons. The van der Waals surface area contributed by atoms with Crippen LogP contribution in [0.15, 0.2) is 35.4 Å². The summed E-state index contributed by atoms with van der Waals surface area (Å²) in [6, 6.07) is 7.85. The fourth-order valence-electron chi connectivity index (χ4n) is 3.57. The molecule has 0 saturated heterocycles. The topological polar surface area (TPSA) is 70.7 Å². The quantitative estimate of drug-likeness (QED) is 0.528. The predicted octanol–water partition coefficient (Wildman–Crippen LogP) is 3.26. The van der Waals surface area contributed by atoms with E-state index in [1.54, 1.807) is 15.9 Å². The molecule has 0 aliphatic carbocycles. The van der Waals surface area contributed by atoms with E-state index in [9.17, 15) is 4.79 Å². The number of aromatic nitrogens is 4. The predicted molar refractivity (Wildman–Crippen MR) is 109 cm³/mol. The monoisotopic (exact) mass is 398 g/mol. The van der Waals surface area contributed by atoms with Crippen LogP contribution in [0.2, 0.25) is 0 Å². The van der Waals surface area contributed by atoms with Crippen molar-refractivity contribution in [3.05, 3.63) is 57.1 Å². The molecule has 0 saturated carbocycles. The lowest BCUT2D eigenvalue weighted by Gasteiger charge is -2.12. The molecule has 28 heavy (non-hydrogen) atoms. The number of benzene rings is 1. The van der Waals surface area contributed by atoms with Crippen LogP contribution in [0.4, 0.5) is 0 Å². The van der Waals surface area contributed by atoms with Crippen LogP contribution in [0.1, 0.15) is 30.4 Å². The summed E-state index contributed by atoms with van der Waals surface area (Å²) in [5.41, 5.74) is 2.73. The molecule has 0 amide bonds. The van der Waals surface area contributed by atoms with Crippen molar-refractivity contribution in [2.24, 2.45) is 0 Å². The standard InChI is InChI=1S/C19H18N4O3S.CH4/c1-2-26-13-5-3-12(4-6-13)9-22-18-16(14-7-8-25-10-15(14)27-18)17-20-11-21-23(17)19(22)24;/h3-6,11H,2,7-10H2,1H3;1H4. The van der Waals surface area contributed by atoms with E-state index in [1.165, 1.54) is 21.3 Å². The molecule has 4 aromatic rings. The molecule has 4 heterocycles. The van der Waals surface area contributed by atoms with Crippen LogP contribution >= 0.6 is 11.3 Å². The van der Waals surface area contributed by atoms with Crippen molar-refractivity contribution < 1.29 is 9.47 Å². The first-order chi connectivity index (χ1) is 13.3. The minimum Gasteiger partial charge on any atom is -0.494 e. The zero-order valence-corrected chi connectivity index (χ0v) is 15.7. The van der Waals surface area contributed by atoms with E-state index in [0.29, 0.717) is 32.0 Å². The molecular weight excluding hydrogens is 376 g/mol. The normalized spacial score (nSPS) is 13.5. The van der Waals surface area contributed by atoms with Gasteiger partial charge in [0.1, 0.15) is 16.9 Å². The summed E-state index contributed by atoms with van der Waals surface area (Å²) < 4.78 is 14.3. The zero-order valence-electron chi connectivity index (χ0n) is 14.8. The Morgan fingerprint density at radius 1 is 1.29 bits per heavy atom. The average Bonchev–Trinajstić information content (AvgIpc) is 3.31. The highest BCUT2D eigenvalue weighted by Gasteiger charge is 2.23. The van der Waals surface area contributed by atoms with Gasteiger partial charge in [0, 0.05) is 4.88 Å². The lowest BCUT2D eigenvalue weighted by Crippen LogP contribution is -2.28. The Morgan fingerprint density at radius 3 is 2.89 bits per heavy atom. The fraction of sp³-hybridized carbons (Fsp3) is 0.350. The Bertz CT molecular complexity index is 1190. The van der Waals surface area contributed by atoms with E-state index < -0.39 is 0 Å². The van der Waals surface area contributed by atoms with Gasteiger partial charge >= 0.3 is 5.69 Å². The molecule has 0 fully saturated rings. The van der Waals surface area contributed by atoms with Gasteiger partial charge < -0.3 is 9.47 Å². The fourth-order valence-corrected chi connectivity index (χ4v) is 4.84. The number of thiophene rings is 1. The highest BCUT2D eigenvalue weighted by atomic mass is 32.1. The van der Waals surface area contributed by atoms with Gasteiger partial charge in [-0.25, -0.2) is 9.78 Å². The molecular formula is C20H22N4O3S. The first-order valence-electron chi connectivity index (χ1n) is 8.92. The van der Waals surface area contributed by atoms with Gasteiger partial charge in [-0.3, -0.25) is 4.57 Å². The second kappa shape index (κ2) is 7.37. The third-order valence-electron chi connectivity index (χ3n) is 4.81. The van der Waals surface area contributed by atoms with Crippen molar-refractivity contribution in [1.82, 2.24) is 19.2 Å². The second-order valence-electron chi connectivity index (χ2n) is 6.43. The maximum atomic E-state index is 13.1. The van der Waals surface area contributed by atoms with Gasteiger partial charge in [-0.05, 0) is 36.6 Å². The molecule has 0 radical (unpaired) electrons. The number of fused-ring (bicyclic) bond motifs is 5. The Kier molecular flexibility index (Phi) is 4.91. The average molecular weight is 398 g/mol. The lowest BCUT2D eigenvalue weighted by molar-refractivity contribution is 0.114. The van der Waals surface area contributed by atoms with Crippen LogP contribution in [-0.2, 0) is 24.3 Å². The largest absolute Gasteiger partial charge is 0.494 e. The number of hydrogen-bond acceptors (Lipinski definition) is 6. The molecule has 0 N–H and O–H groups in total. The maximum Gasteiger partial charge on any atom is 0.352 e. The van der Waals surface area contributed by atoms with Gasteiger partial charge in [-0.2, -0.15) is 9.61 Å². The smallest absolute Gasteiger partial charge is 0.352 e. The molecule has 8 heteroatoms. The summed E-state index contributed by atoms with van der Waals surface area (Å²) in [4.78, 5) is 19.5. The minimum absolute atomic E-state index is 0. The SMILES string of the molecule is C.CCOc1ccc(Cn2c(=O)n3ncnc3c3c4c(sc32)COCC4)cc1. The van der Waals surface area contributed by atoms with Crippen molar-refractivity contribution in [3.8, 4) is 5.75 Å². The molecule has 1 aliphatic rings. The summed E-state index contributed by atoms with van der Waals surface area (Å²) in [5, 5.41) is 5.19. The molecule has 1 aromatic carbocycles. The highest BCUT2D eigenvalue weighted by molar-refractivity contribution is 7.19. The van der Waals surface area contributed by atoms with Gasteiger partial charge in [0.15, 0.2) is 5.65 Å². The van der Waals surface area contributed by atoms with Crippen LogP contribution < -0.4 is 10.4 Å². The summed E-state index contributed by atoms with van der Waals surface area (Å²) in [6.07, 6.45) is 2.28. The lowest BCUT2D eigenvalue weighted by atomic mass is 10.1. The second-order valence-corrected chi connectivity index (χ2v) is 7.51. The van der Waals surface area contributed by atoms with Crippen molar-refractivity contribution in [1.29, 1.82) is 0 Å². The highest BCUT2D eigenvalue weighted by Crippen LogP contribution is 2.35. The third-order valence-corrected chi connectivity index (χ3v) is 6.03. The molecule has 5 rings (SSSR count). The number of rotatable bonds is 4. The number of hydrogen-bond donors (Lipinski definition) is 0. The van der Waals surface area contributed by atoms with Crippen molar-refractivity contribution in [2.45, 2.75) is 33.9 Å². The zero-order chi connectivity index (χ0) is 18.4. The molecule has 0 spiro atoms. The van der Waals surface area contributed by atoms with Gasteiger partial charge in [0.25, 0.3) is 0 Å². The van der Waals surface area contributed by atoms with Crippen molar-refractivity contribution in [3.63, 3.8) is 0 Å². The van der Waals surface area contributed by atoms with Gasteiger partial charge in [0.2, 0.25) is 0 Å². The Hall–Kier alpha value is -2.71. The van der Waals surface area contributed by atoms with E-state index in [2.05, 4.69) is 10.1 Å². The van der Waals surface area contributed by atoms with Crippen LogP contribution in [0, 0.1) is 0 Å². The number of nitrogens with zero attached hydrogens (tertiary/aromatic N) is 4. The van der Waals surface area contributed by atoms with Gasteiger partial charge in [-0.15, -0.1) is 11.3 Å². The molecule has 3 aromatic heterocycles. The summed E-state index contributed by atoms with van der Waals surface area (Å²) in [6.45, 7) is 4.34. The van der Waals surface area contributed by atoms with Gasteiger partial charge in [0.05, 0.1) is 31.8 Å². The van der Waals surface area contributed by atoms with E-state index in [1.807, 2.05) is 31.2 Å². The molecule has 7 nitrogen and oxygen atoms in total. The summed E-state index contributed by atoms with van der Waals surface area (Å²) >= 11 is 1.62. The molecule has 0 bridgehead atoms. The van der Waals surface area contributed by atoms with E-state index >= 15 is 0 Å². The first kappa shape index (κ1) is 18.6. The summed E-state index contributed by atoms with van der Waals surface area (Å²) in [7, 11) is 0. The maximum absolute atomic E-state index is 13.1. The minimum atomic E-state index is -0.177. The van der Waals surface area contributed by atoms with Crippen molar-refractivity contribution >= 4 is 27.2 Å². The molecule has 0 unspecified atom stereocenters. The molecule has 0 atom stereocenters. The van der Waals surface area contributed by atoms with Gasteiger partial charge in [-0.1, -0.05) is 19.6 Å².